The molecule has 1 aromatic rings. The molecule has 1 aliphatic heterocycles. The third-order valence-electron chi connectivity index (χ3n) is 4.76. The minimum absolute atomic E-state index is 0.375. The molecule has 0 bridgehead atoms. The average molecular weight is 370 g/mol. The van der Waals surface area contributed by atoms with E-state index in [0.29, 0.717) is 37.4 Å². The molecule has 2 rings (SSSR count). The van der Waals surface area contributed by atoms with Gasteiger partial charge >= 0.3 is 6.18 Å². The fraction of sp³-hybridized carbons (Fsp3) is 0.632. The highest BCUT2D eigenvalue weighted by atomic mass is 19.4. The van der Waals surface area contributed by atoms with Gasteiger partial charge in [-0.3, -0.25) is 9.89 Å². The van der Waals surface area contributed by atoms with E-state index in [2.05, 4.69) is 36.3 Å². The van der Waals surface area contributed by atoms with Gasteiger partial charge in [0.05, 0.1) is 6.54 Å². The highest BCUT2D eigenvalue weighted by molar-refractivity contribution is 5.92. The summed E-state index contributed by atoms with van der Waals surface area (Å²) in [6, 6.07) is 8.07. The predicted molar refractivity (Wildman–Crippen MR) is 100 cm³/mol. The number of halogens is 3. The van der Waals surface area contributed by atoms with Crippen LogP contribution in [-0.4, -0.2) is 43.2 Å². The first-order chi connectivity index (χ1) is 12.2. The van der Waals surface area contributed by atoms with Crippen LogP contribution in [0.5, 0.6) is 0 Å². The number of guanidine groups is 1. The predicted octanol–water partition coefficient (Wildman–Crippen LogP) is 4.20. The maximum atomic E-state index is 12.4. The standard InChI is InChI=1S/C19H29F3N4/c1-14(2)16-4-3-5-17(12-16)25-18(23)24-9-6-15-7-10-26(11-8-15)13-19(20,21)22/h3-5,12,14-15H,6-11,13H2,1-2H3,(H3,23,24,25). The van der Waals surface area contributed by atoms with Crippen molar-refractivity contribution >= 4 is 11.6 Å². The van der Waals surface area contributed by atoms with Gasteiger partial charge in [-0.05, 0) is 61.9 Å². The third kappa shape index (κ3) is 7.23. The molecule has 1 heterocycles. The number of nitrogens with one attached hydrogen (secondary N) is 1. The lowest BCUT2D eigenvalue weighted by atomic mass is 9.93. The molecule has 0 radical (unpaired) electrons. The molecule has 1 aliphatic rings. The number of hydrogen-bond donors (Lipinski definition) is 2. The van der Waals surface area contributed by atoms with E-state index in [9.17, 15) is 13.2 Å². The van der Waals surface area contributed by atoms with Gasteiger partial charge < -0.3 is 11.1 Å². The smallest absolute Gasteiger partial charge is 0.370 e. The Morgan fingerprint density at radius 1 is 1.31 bits per heavy atom. The summed E-state index contributed by atoms with van der Waals surface area (Å²) in [6.45, 7) is 5.07. The van der Waals surface area contributed by atoms with E-state index in [0.717, 1.165) is 24.9 Å². The number of nitrogens with two attached hydrogens (primary N) is 1. The van der Waals surface area contributed by atoms with E-state index in [1.807, 2.05) is 12.1 Å². The zero-order valence-corrected chi connectivity index (χ0v) is 15.5. The minimum atomic E-state index is -4.11. The molecule has 0 saturated carbocycles. The van der Waals surface area contributed by atoms with Crippen molar-refractivity contribution in [1.82, 2.24) is 4.90 Å². The summed E-state index contributed by atoms with van der Waals surface area (Å²) in [5.74, 6) is 1.24. The van der Waals surface area contributed by atoms with Crippen molar-refractivity contribution in [2.24, 2.45) is 16.6 Å². The van der Waals surface area contributed by atoms with Crippen molar-refractivity contribution in [3.05, 3.63) is 29.8 Å². The van der Waals surface area contributed by atoms with Crippen LogP contribution in [0.1, 0.15) is 44.6 Å². The van der Waals surface area contributed by atoms with Crippen LogP contribution in [0.4, 0.5) is 18.9 Å². The Morgan fingerprint density at radius 2 is 2.00 bits per heavy atom. The van der Waals surface area contributed by atoms with Gasteiger partial charge in [-0.25, -0.2) is 0 Å². The van der Waals surface area contributed by atoms with Crippen LogP contribution in [0.3, 0.4) is 0 Å². The van der Waals surface area contributed by atoms with E-state index in [-0.39, 0.29) is 0 Å². The topological polar surface area (TPSA) is 53.6 Å². The Morgan fingerprint density at radius 3 is 2.62 bits per heavy atom. The van der Waals surface area contributed by atoms with Crippen LogP contribution >= 0.6 is 0 Å². The Hall–Kier alpha value is -1.76. The molecular weight excluding hydrogens is 341 g/mol. The molecule has 4 nitrogen and oxygen atoms in total. The van der Waals surface area contributed by atoms with Crippen LogP contribution < -0.4 is 11.1 Å². The number of anilines is 1. The number of hydrogen-bond acceptors (Lipinski definition) is 2. The molecule has 146 valence electrons. The van der Waals surface area contributed by atoms with Crippen LogP contribution in [0.2, 0.25) is 0 Å². The van der Waals surface area contributed by atoms with Crippen molar-refractivity contribution in [1.29, 1.82) is 0 Å². The molecule has 0 spiro atoms. The Bertz CT molecular complexity index is 591. The number of nitrogens with zero attached hydrogens (tertiary/aromatic N) is 2. The number of aliphatic imine (C=N–C) groups is 1. The van der Waals surface area contributed by atoms with Gasteiger partial charge in [0, 0.05) is 12.2 Å². The van der Waals surface area contributed by atoms with Crippen LogP contribution in [0, 0.1) is 5.92 Å². The third-order valence-corrected chi connectivity index (χ3v) is 4.76. The fourth-order valence-electron chi connectivity index (χ4n) is 3.22. The number of alkyl halides is 3. The Balaban J connectivity index is 1.72. The van der Waals surface area contributed by atoms with Crippen molar-refractivity contribution in [2.45, 2.75) is 45.2 Å². The normalized spacial score (nSPS) is 17.7. The average Bonchev–Trinajstić information content (AvgIpc) is 2.55. The van der Waals surface area contributed by atoms with Gasteiger partial charge in [0.15, 0.2) is 5.96 Å². The zero-order chi connectivity index (χ0) is 19.2. The lowest BCUT2D eigenvalue weighted by Gasteiger charge is -2.32. The van der Waals surface area contributed by atoms with Crippen molar-refractivity contribution in [2.75, 3.05) is 31.5 Å². The summed E-state index contributed by atoms with van der Waals surface area (Å²) >= 11 is 0. The molecule has 0 aromatic heterocycles. The molecule has 0 amide bonds. The lowest BCUT2D eigenvalue weighted by Crippen LogP contribution is -2.40. The molecule has 1 saturated heterocycles. The summed E-state index contributed by atoms with van der Waals surface area (Å²) in [5, 5.41) is 3.10. The molecule has 1 fully saturated rings. The molecule has 3 N–H and O–H groups in total. The van der Waals surface area contributed by atoms with Gasteiger partial charge in [-0.2, -0.15) is 13.2 Å². The fourth-order valence-corrected chi connectivity index (χ4v) is 3.22. The molecule has 26 heavy (non-hydrogen) atoms. The van der Waals surface area contributed by atoms with Gasteiger partial charge in [-0.15, -0.1) is 0 Å². The van der Waals surface area contributed by atoms with Gasteiger partial charge in [0.2, 0.25) is 0 Å². The van der Waals surface area contributed by atoms with Crippen LogP contribution in [0.25, 0.3) is 0 Å². The molecule has 7 heteroatoms. The van der Waals surface area contributed by atoms with Crippen molar-refractivity contribution in [3.8, 4) is 0 Å². The van der Waals surface area contributed by atoms with Crippen LogP contribution in [-0.2, 0) is 0 Å². The zero-order valence-electron chi connectivity index (χ0n) is 15.5. The number of likely N-dealkylation sites (tertiary alicyclic amines) is 1. The largest absolute Gasteiger partial charge is 0.401 e. The summed E-state index contributed by atoms with van der Waals surface area (Å²) in [4.78, 5) is 5.84. The molecule has 0 aliphatic carbocycles. The molecular formula is C19H29F3N4. The van der Waals surface area contributed by atoms with Gasteiger partial charge in [-0.1, -0.05) is 26.0 Å². The van der Waals surface area contributed by atoms with E-state index in [1.165, 1.54) is 10.5 Å². The first kappa shape index (κ1) is 20.6. The SMILES string of the molecule is CC(C)c1cccc(NC(N)=NCCC2CCN(CC(F)(F)F)CC2)c1. The monoisotopic (exact) mass is 370 g/mol. The van der Waals surface area contributed by atoms with Crippen molar-refractivity contribution in [3.63, 3.8) is 0 Å². The second kappa shape index (κ2) is 9.26. The van der Waals surface area contributed by atoms with Crippen molar-refractivity contribution < 1.29 is 13.2 Å². The molecule has 0 unspecified atom stereocenters. The molecule has 0 atom stereocenters. The number of piperidine rings is 1. The number of rotatable bonds is 6. The summed E-state index contributed by atoms with van der Waals surface area (Å²) in [7, 11) is 0. The lowest BCUT2D eigenvalue weighted by molar-refractivity contribution is -0.148. The summed E-state index contributed by atoms with van der Waals surface area (Å²) in [5.41, 5.74) is 8.09. The summed E-state index contributed by atoms with van der Waals surface area (Å²) in [6.07, 6.45) is -1.68. The van der Waals surface area contributed by atoms with E-state index < -0.39 is 12.7 Å². The maximum Gasteiger partial charge on any atom is 0.401 e. The quantitative estimate of drug-likeness (QED) is 0.583. The van der Waals surface area contributed by atoms with Crippen LogP contribution in [0.15, 0.2) is 29.3 Å². The second-order valence-electron chi connectivity index (χ2n) is 7.30. The first-order valence-corrected chi connectivity index (χ1v) is 9.19. The number of benzene rings is 1. The Kier molecular flexibility index (Phi) is 7.32. The highest BCUT2D eigenvalue weighted by Gasteiger charge is 2.32. The summed E-state index contributed by atoms with van der Waals surface area (Å²) < 4.78 is 37.2. The van der Waals surface area contributed by atoms with E-state index >= 15 is 0 Å². The first-order valence-electron chi connectivity index (χ1n) is 9.19. The molecule has 1 aromatic carbocycles. The minimum Gasteiger partial charge on any atom is -0.370 e. The highest BCUT2D eigenvalue weighted by Crippen LogP contribution is 2.24. The van der Waals surface area contributed by atoms with E-state index in [1.54, 1.807) is 0 Å². The maximum absolute atomic E-state index is 12.4. The van der Waals surface area contributed by atoms with Gasteiger partial charge in [0.1, 0.15) is 0 Å². The van der Waals surface area contributed by atoms with Gasteiger partial charge in [0.25, 0.3) is 0 Å². The second-order valence-corrected chi connectivity index (χ2v) is 7.30. The van der Waals surface area contributed by atoms with E-state index in [4.69, 9.17) is 5.73 Å². The Labute approximate surface area is 153 Å².